The van der Waals surface area contributed by atoms with Gasteiger partial charge in [-0.1, -0.05) is 22.0 Å². The number of rotatable bonds is 4. The number of aromatic nitrogens is 2. The Morgan fingerprint density at radius 2 is 2.10 bits per heavy atom. The normalized spacial score (nSPS) is 10.8. The summed E-state index contributed by atoms with van der Waals surface area (Å²) in [7, 11) is 0. The Kier molecular flexibility index (Phi) is 3.84. The van der Waals surface area contributed by atoms with Gasteiger partial charge in [0, 0.05) is 22.3 Å². The lowest BCUT2D eigenvalue weighted by molar-refractivity contribution is 0.545. The summed E-state index contributed by atoms with van der Waals surface area (Å²) in [6.45, 7) is 4.70. The van der Waals surface area contributed by atoms with Gasteiger partial charge in [0.05, 0.1) is 6.20 Å². The van der Waals surface area contributed by atoms with Crippen molar-refractivity contribution in [3.63, 3.8) is 0 Å². The Balaban J connectivity index is 1.80. The molecule has 0 fully saturated rings. The van der Waals surface area contributed by atoms with Crippen LogP contribution in [0.4, 0.5) is 5.69 Å². The standard InChI is InChI=1S/C16H16BrN3O/c1-10-6-7-15(21-10)16-12(9-19-20-16)8-18-14-5-3-4-13(17)11(14)2/h3-7,9,18H,8H2,1-2H3,(H,19,20). The summed E-state index contributed by atoms with van der Waals surface area (Å²) >= 11 is 3.55. The summed E-state index contributed by atoms with van der Waals surface area (Å²) in [5, 5.41) is 10.6. The van der Waals surface area contributed by atoms with Crippen LogP contribution in [0.15, 0.2) is 45.4 Å². The number of anilines is 1. The van der Waals surface area contributed by atoms with Crippen LogP contribution >= 0.6 is 15.9 Å². The fourth-order valence-electron chi connectivity index (χ4n) is 2.22. The van der Waals surface area contributed by atoms with Crippen molar-refractivity contribution in [2.45, 2.75) is 20.4 Å². The summed E-state index contributed by atoms with van der Waals surface area (Å²) < 4.78 is 6.76. The van der Waals surface area contributed by atoms with Gasteiger partial charge in [0.25, 0.3) is 0 Å². The molecule has 3 rings (SSSR count). The van der Waals surface area contributed by atoms with Crippen molar-refractivity contribution >= 4 is 21.6 Å². The first-order chi connectivity index (χ1) is 10.1. The molecule has 3 aromatic rings. The molecule has 0 radical (unpaired) electrons. The zero-order valence-electron chi connectivity index (χ0n) is 11.9. The van der Waals surface area contributed by atoms with Crippen molar-refractivity contribution in [3.05, 3.63) is 57.9 Å². The average Bonchev–Trinajstić information content (AvgIpc) is 3.09. The van der Waals surface area contributed by atoms with Crippen molar-refractivity contribution in [1.82, 2.24) is 10.2 Å². The van der Waals surface area contributed by atoms with Gasteiger partial charge in [0.2, 0.25) is 0 Å². The number of furan rings is 1. The van der Waals surface area contributed by atoms with Gasteiger partial charge in [-0.05, 0) is 43.7 Å². The topological polar surface area (TPSA) is 53.9 Å². The van der Waals surface area contributed by atoms with Crippen LogP contribution in [-0.2, 0) is 6.54 Å². The van der Waals surface area contributed by atoms with E-state index in [0.717, 1.165) is 32.9 Å². The zero-order valence-corrected chi connectivity index (χ0v) is 13.5. The van der Waals surface area contributed by atoms with Gasteiger partial charge in [-0.2, -0.15) is 5.10 Å². The highest BCUT2D eigenvalue weighted by atomic mass is 79.9. The van der Waals surface area contributed by atoms with Crippen LogP contribution in [0.2, 0.25) is 0 Å². The molecule has 2 N–H and O–H groups in total. The third kappa shape index (κ3) is 2.88. The van der Waals surface area contributed by atoms with E-state index in [4.69, 9.17) is 4.42 Å². The Bertz CT molecular complexity index is 760. The van der Waals surface area contributed by atoms with Crippen molar-refractivity contribution in [2.75, 3.05) is 5.32 Å². The second-order valence-electron chi connectivity index (χ2n) is 4.95. The van der Waals surface area contributed by atoms with Crippen LogP contribution < -0.4 is 5.32 Å². The van der Waals surface area contributed by atoms with Gasteiger partial charge >= 0.3 is 0 Å². The molecule has 0 aliphatic carbocycles. The van der Waals surface area contributed by atoms with Crippen molar-refractivity contribution in [1.29, 1.82) is 0 Å². The largest absolute Gasteiger partial charge is 0.460 e. The first-order valence-corrected chi connectivity index (χ1v) is 7.52. The van der Waals surface area contributed by atoms with E-state index in [1.165, 1.54) is 5.56 Å². The summed E-state index contributed by atoms with van der Waals surface area (Å²) in [6.07, 6.45) is 1.83. The summed E-state index contributed by atoms with van der Waals surface area (Å²) in [4.78, 5) is 0. The molecule has 2 aromatic heterocycles. The minimum Gasteiger partial charge on any atom is -0.460 e. The number of aryl methyl sites for hydroxylation is 1. The number of nitrogens with one attached hydrogen (secondary N) is 2. The molecule has 0 spiro atoms. The van der Waals surface area contributed by atoms with Gasteiger partial charge in [-0.15, -0.1) is 0 Å². The lowest BCUT2D eigenvalue weighted by Gasteiger charge is -2.10. The number of benzene rings is 1. The van der Waals surface area contributed by atoms with Gasteiger partial charge in [0.15, 0.2) is 5.76 Å². The first kappa shape index (κ1) is 13.9. The number of hydrogen-bond acceptors (Lipinski definition) is 3. The van der Waals surface area contributed by atoms with Crippen LogP contribution in [0.3, 0.4) is 0 Å². The van der Waals surface area contributed by atoms with Crippen LogP contribution in [0.1, 0.15) is 16.9 Å². The highest BCUT2D eigenvalue weighted by Gasteiger charge is 2.11. The monoisotopic (exact) mass is 345 g/mol. The van der Waals surface area contributed by atoms with Crippen LogP contribution in [0.5, 0.6) is 0 Å². The Morgan fingerprint density at radius 3 is 2.86 bits per heavy atom. The predicted molar refractivity (Wildman–Crippen MR) is 87.2 cm³/mol. The predicted octanol–water partition coefficient (Wildman–Crippen LogP) is 4.66. The van der Waals surface area contributed by atoms with Gasteiger partial charge < -0.3 is 9.73 Å². The highest BCUT2D eigenvalue weighted by Crippen LogP contribution is 2.26. The maximum absolute atomic E-state index is 5.66. The van der Waals surface area contributed by atoms with E-state index < -0.39 is 0 Å². The first-order valence-electron chi connectivity index (χ1n) is 6.73. The van der Waals surface area contributed by atoms with E-state index in [2.05, 4.69) is 44.4 Å². The molecule has 0 aliphatic rings. The van der Waals surface area contributed by atoms with E-state index in [9.17, 15) is 0 Å². The smallest absolute Gasteiger partial charge is 0.152 e. The molecular formula is C16H16BrN3O. The van der Waals surface area contributed by atoms with E-state index in [-0.39, 0.29) is 0 Å². The number of aromatic amines is 1. The van der Waals surface area contributed by atoms with Crippen LogP contribution in [0, 0.1) is 13.8 Å². The lowest BCUT2D eigenvalue weighted by Crippen LogP contribution is -2.01. The molecule has 0 amide bonds. The zero-order chi connectivity index (χ0) is 14.8. The molecule has 5 heteroatoms. The van der Waals surface area contributed by atoms with Crippen LogP contribution in [-0.4, -0.2) is 10.2 Å². The van der Waals surface area contributed by atoms with Gasteiger partial charge in [-0.25, -0.2) is 0 Å². The molecule has 0 saturated heterocycles. The lowest BCUT2D eigenvalue weighted by atomic mass is 10.1. The third-order valence-electron chi connectivity index (χ3n) is 3.44. The number of nitrogens with zero attached hydrogens (tertiary/aromatic N) is 1. The number of H-pyrrole nitrogens is 1. The Hall–Kier alpha value is -2.01. The quantitative estimate of drug-likeness (QED) is 0.722. The average molecular weight is 346 g/mol. The molecule has 0 bridgehead atoms. The molecular weight excluding hydrogens is 330 g/mol. The minimum atomic E-state index is 0.683. The summed E-state index contributed by atoms with van der Waals surface area (Å²) in [5.41, 5.74) is 4.29. The fraction of sp³-hybridized carbons (Fsp3) is 0.188. The maximum atomic E-state index is 5.66. The SMILES string of the molecule is Cc1ccc(-c2[nH]ncc2CNc2cccc(Br)c2C)o1. The van der Waals surface area contributed by atoms with Gasteiger partial charge in [-0.3, -0.25) is 5.10 Å². The maximum Gasteiger partial charge on any atom is 0.152 e. The number of hydrogen-bond donors (Lipinski definition) is 2. The highest BCUT2D eigenvalue weighted by molar-refractivity contribution is 9.10. The van der Waals surface area contributed by atoms with Crippen molar-refractivity contribution in [2.24, 2.45) is 0 Å². The summed E-state index contributed by atoms with van der Waals surface area (Å²) in [5.74, 6) is 1.70. The fourth-order valence-corrected chi connectivity index (χ4v) is 2.58. The van der Waals surface area contributed by atoms with Gasteiger partial charge in [0.1, 0.15) is 11.5 Å². The second-order valence-corrected chi connectivity index (χ2v) is 5.80. The molecule has 0 unspecified atom stereocenters. The van der Waals surface area contributed by atoms with Crippen molar-refractivity contribution < 1.29 is 4.42 Å². The van der Waals surface area contributed by atoms with E-state index in [1.807, 2.05) is 37.4 Å². The van der Waals surface area contributed by atoms with E-state index in [1.54, 1.807) is 0 Å². The molecule has 0 saturated carbocycles. The second kappa shape index (κ2) is 5.77. The minimum absolute atomic E-state index is 0.683. The Morgan fingerprint density at radius 1 is 1.24 bits per heavy atom. The third-order valence-corrected chi connectivity index (χ3v) is 4.30. The molecule has 1 aromatic carbocycles. The summed E-state index contributed by atoms with van der Waals surface area (Å²) in [6, 6.07) is 10.0. The molecule has 0 aliphatic heterocycles. The van der Waals surface area contributed by atoms with Crippen LogP contribution in [0.25, 0.3) is 11.5 Å². The molecule has 4 nitrogen and oxygen atoms in total. The van der Waals surface area contributed by atoms with E-state index >= 15 is 0 Å². The molecule has 2 heterocycles. The molecule has 21 heavy (non-hydrogen) atoms. The van der Waals surface area contributed by atoms with Crippen molar-refractivity contribution in [3.8, 4) is 11.5 Å². The molecule has 0 atom stereocenters. The Labute approximate surface area is 131 Å². The number of halogens is 1. The van der Waals surface area contributed by atoms with E-state index in [0.29, 0.717) is 6.54 Å². The molecule has 108 valence electrons.